The first-order valence-electron chi connectivity index (χ1n) is 9.26. The predicted octanol–water partition coefficient (Wildman–Crippen LogP) is 4.88. The number of rotatable bonds is 9. The van der Waals surface area contributed by atoms with Crippen molar-refractivity contribution in [2.75, 3.05) is 13.2 Å². The lowest BCUT2D eigenvalue weighted by molar-refractivity contribution is 0.299. The molecule has 1 aliphatic heterocycles. The van der Waals surface area contributed by atoms with Crippen LogP contribution in [0.3, 0.4) is 0 Å². The van der Waals surface area contributed by atoms with Gasteiger partial charge in [0.05, 0.1) is 19.3 Å². The third-order valence-electron chi connectivity index (χ3n) is 4.38. The average Bonchev–Trinajstić information content (AvgIpc) is 3.54. The molecule has 4 rings (SSSR count). The number of ether oxygens (including phenoxy) is 3. The molecule has 0 aliphatic carbocycles. The van der Waals surface area contributed by atoms with Crippen LogP contribution in [0.5, 0.6) is 17.5 Å². The zero-order valence-electron chi connectivity index (χ0n) is 15.1. The van der Waals surface area contributed by atoms with Crippen LogP contribution in [0, 0.1) is 0 Å². The summed E-state index contributed by atoms with van der Waals surface area (Å²) >= 11 is 0. The van der Waals surface area contributed by atoms with Gasteiger partial charge in [-0.15, -0.1) is 0 Å². The smallest absolute Gasteiger partial charge is 0.321 e. The van der Waals surface area contributed by atoms with Crippen molar-refractivity contribution in [1.82, 2.24) is 9.97 Å². The Labute approximate surface area is 159 Å². The van der Waals surface area contributed by atoms with Gasteiger partial charge >= 0.3 is 6.01 Å². The lowest BCUT2D eigenvalue weighted by Crippen LogP contribution is -1.98. The molecular weight excluding hydrogens is 340 g/mol. The van der Waals surface area contributed by atoms with Gasteiger partial charge in [0, 0.05) is 12.4 Å². The summed E-state index contributed by atoms with van der Waals surface area (Å²) in [5.41, 5.74) is 2.25. The molecule has 2 aromatic carbocycles. The van der Waals surface area contributed by atoms with Crippen LogP contribution < -0.4 is 9.47 Å². The van der Waals surface area contributed by atoms with E-state index in [-0.39, 0.29) is 0 Å². The molecule has 27 heavy (non-hydrogen) atoms. The summed E-state index contributed by atoms with van der Waals surface area (Å²) in [7, 11) is 0. The van der Waals surface area contributed by atoms with Crippen LogP contribution in [0.15, 0.2) is 67.0 Å². The Balaban J connectivity index is 1.28. The van der Waals surface area contributed by atoms with E-state index in [0.717, 1.165) is 49.4 Å². The molecule has 0 saturated carbocycles. The van der Waals surface area contributed by atoms with Crippen molar-refractivity contribution < 1.29 is 14.2 Å². The molecule has 1 aromatic heterocycles. The molecule has 1 aliphatic rings. The van der Waals surface area contributed by atoms with Gasteiger partial charge in [0.1, 0.15) is 11.5 Å². The summed E-state index contributed by atoms with van der Waals surface area (Å²) in [6.45, 7) is 1.69. The number of hydrogen-bond acceptors (Lipinski definition) is 5. The Bertz CT molecular complexity index is 832. The zero-order valence-corrected chi connectivity index (χ0v) is 15.1. The Morgan fingerprint density at radius 2 is 1.48 bits per heavy atom. The van der Waals surface area contributed by atoms with E-state index in [2.05, 4.69) is 22.1 Å². The summed E-state index contributed by atoms with van der Waals surface area (Å²) in [5.74, 6) is 1.61. The van der Waals surface area contributed by atoms with E-state index in [1.54, 1.807) is 18.5 Å². The molecule has 1 unspecified atom stereocenters. The monoisotopic (exact) mass is 362 g/mol. The molecule has 0 N–H and O–H groups in total. The standard InChI is InChI=1S/C22H22N2O3/c1(4-21-16-26-21)2-15-25-19-9-5-17(6-10-19)18-7-11-20(12-8-18)27-22-23-13-3-14-24-22/h3,5-14,21H,1-2,4,15-16H2. The summed E-state index contributed by atoms with van der Waals surface area (Å²) < 4.78 is 16.6. The lowest BCUT2D eigenvalue weighted by Gasteiger charge is -2.08. The van der Waals surface area contributed by atoms with Crippen LogP contribution in [-0.2, 0) is 4.74 Å². The highest BCUT2D eigenvalue weighted by Gasteiger charge is 2.20. The van der Waals surface area contributed by atoms with E-state index in [1.165, 1.54) is 0 Å². The fourth-order valence-electron chi connectivity index (χ4n) is 2.80. The first kappa shape index (κ1) is 17.5. The number of aromatic nitrogens is 2. The van der Waals surface area contributed by atoms with Crippen molar-refractivity contribution in [1.29, 1.82) is 0 Å². The van der Waals surface area contributed by atoms with Gasteiger partial charge in [-0.1, -0.05) is 24.3 Å². The quantitative estimate of drug-likeness (QED) is 0.401. The van der Waals surface area contributed by atoms with Crippen molar-refractivity contribution in [3.05, 3.63) is 67.0 Å². The third-order valence-corrected chi connectivity index (χ3v) is 4.38. The summed E-state index contributed by atoms with van der Waals surface area (Å²) in [6, 6.07) is 18.2. The van der Waals surface area contributed by atoms with Crippen LogP contribution in [0.4, 0.5) is 0 Å². The highest BCUT2D eigenvalue weighted by molar-refractivity contribution is 5.64. The van der Waals surface area contributed by atoms with Gasteiger partial charge in [0.15, 0.2) is 0 Å². The number of epoxide rings is 1. The largest absolute Gasteiger partial charge is 0.494 e. The van der Waals surface area contributed by atoms with Crippen LogP contribution >= 0.6 is 0 Å². The van der Waals surface area contributed by atoms with E-state index >= 15 is 0 Å². The van der Waals surface area contributed by atoms with E-state index in [1.807, 2.05) is 36.4 Å². The second-order valence-corrected chi connectivity index (χ2v) is 6.48. The van der Waals surface area contributed by atoms with Crippen molar-refractivity contribution in [3.8, 4) is 28.6 Å². The molecule has 0 radical (unpaired) electrons. The Hall–Kier alpha value is -2.92. The summed E-state index contributed by atoms with van der Waals surface area (Å²) in [6.07, 6.45) is 7.20. The first-order chi connectivity index (χ1) is 13.4. The molecule has 3 aromatic rings. The molecule has 138 valence electrons. The Morgan fingerprint density at radius 3 is 2.11 bits per heavy atom. The zero-order chi connectivity index (χ0) is 18.3. The van der Waals surface area contributed by atoms with E-state index in [9.17, 15) is 0 Å². The Kier molecular flexibility index (Phi) is 5.60. The minimum atomic E-state index is 0.344. The number of hydrogen-bond donors (Lipinski definition) is 0. The van der Waals surface area contributed by atoms with Gasteiger partial charge in [-0.25, -0.2) is 9.97 Å². The van der Waals surface area contributed by atoms with Crippen molar-refractivity contribution >= 4 is 0 Å². The Morgan fingerprint density at radius 1 is 0.852 bits per heavy atom. The molecule has 5 nitrogen and oxygen atoms in total. The van der Waals surface area contributed by atoms with Crippen molar-refractivity contribution in [3.63, 3.8) is 0 Å². The molecule has 1 saturated heterocycles. The van der Waals surface area contributed by atoms with Crippen LogP contribution in [0.2, 0.25) is 0 Å². The molecule has 0 bridgehead atoms. The molecule has 1 fully saturated rings. The minimum absolute atomic E-state index is 0.344. The number of unbranched alkanes of at least 4 members (excludes halogenated alkanes) is 1. The topological polar surface area (TPSA) is 56.8 Å². The highest BCUT2D eigenvalue weighted by Crippen LogP contribution is 2.26. The van der Waals surface area contributed by atoms with Crippen LogP contribution in [0.1, 0.15) is 19.3 Å². The van der Waals surface area contributed by atoms with E-state index in [0.29, 0.717) is 17.9 Å². The maximum atomic E-state index is 5.81. The first-order valence-corrected chi connectivity index (χ1v) is 9.26. The van der Waals surface area contributed by atoms with E-state index < -0.39 is 0 Å². The molecule has 5 heteroatoms. The molecule has 2 heterocycles. The lowest BCUT2D eigenvalue weighted by atomic mass is 10.1. The van der Waals surface area contributed by atoms with Gasteiger partial charge in [0.25, 0.3) is 0 Å². The second-order valence-electron chi connectivity index (χ2n) is 6.48. The normalized spacial score (nSPS) is 15.3. The predicted molar refractivity (Wildman–Crippen MR) is 103 cm³/mol. The van der Waals surface area contributed by atoms with Gasteiger partial charge in [-0.05, 0) is 60.7 Å². The van der Waals surface area contributed by atoms with Crippen molar-refractivity contribution in [2.24, 2.45) is 0 Å². The summed E-state index contributed by atoms with van der Waals surface area (Å²) in [5, 5.41) is 0. The summed E-state index contributed by atoms with van der Waals surface area (Å²) in [4.78, 5) is 8.12. The van der Waals surface area contributed by atoms with Gasteiger partial charge < -0.3 is 14.2 Å². The second kappa shape index (κ2) is 8.64. The maximum absolute atomic E-state index is 5.81. The average molecular weight is 362 g/mol. The SMILES string of the molecule is c1cnc(Oc2ccc(-c3ccc(OCCCCC4CO4)cc3)cc2)nc1. The number of benzene rings is 2. The van der Waals surface area contributed by atoms with Crippen LogP contribution in [-0.4, -0.2) is 29.3 Å². The van der Waals surface area contributed by atoms with Crippen molar-refractivity contribution in [2.45, 2.75) is 25.4 Å². The fourth-order valence-corrected chi connectivity index (χ4v) is 2.80. The molecule has 0 amide bonds. The fraction of sp³-hybridized carbons (Fsp3) is 0.273. The van der Waals surface area contributed by atoms with Gasteiger partial charge in [-0.3, -0.25) is 0 Å². The third kappa shape index (κ3) is 5.28. The molecule has 1 atom stereocenters. The number of nitrogens with zero attached hydrogens (tertiary/aromatic N) is 2. The van der Waals surface area contributed by atoms with E-state index in [4.69, 9.17) is 14.2 Å². The molecular formula is C22H22N2O3. The highest BCUT2D eigenvalue weighted by atomic mass is 16.6. The minimum Gasteiger partial charge on any atom is -0.494 e. The van der Waals surface area contributed by atoms with Crippen LogP contribution in [0.25, 0.3) is 11.1 Å². The maximum Gasteiger partial charge on any atom is 0.321 e. The van der Waals surface area contributed by atoms with Gasteiger partial charge in [-0.2, -0.15) is 0 Å². The van der Waals surface area contributed by atoms with Gasteiger partial charge in [0.2, 0.25) is 0 Å². The molecule has 0 spiro atoms.